The Balaban J connectivity index is 0.00000188. The minimum Gasteiger partial charge on any atom is -0.309 e. The van der Waals surface area contributed by atoms with Crippen LogP contribution in [0.3, 0.4) is 0 Å². The summed E-state index contributed by atoms with van der Waals surface area (Å²) in [5.74, 6) is 0. The van der Waals surface area contributed by atoms with Crippen molar-refractivity contribution in [2.75, 3.05) is 0 Å². The maximum atomic E-state index is 4.28. The molecular formula is C42H42NP. The molecule has 0 fully saturated rings. The SMILES string of the molecule is C=Cc1c(C(=C(C)C)c2ccccc2C)n(-c2ccc(CP(c3ccccc3)c3ccccc3)cc2)c2ccccc12.CC. The highest BCUT2D eigenvalue weighted by Crippen LogP contribution is 2.41. The van der Waals surface area contributed by atoms with Crippen LogP contribution in [0.2, 0.25) is 0 Å². The number of benzene rings is 5. The van der Waals surface area contributed by atoms with Crippen molar-refractivity contribution in [2.24, 2.45) is 0 Å². The van der Waals surface area contributed by atoms with Crippen LogP contribution < -0.4 is 10.6 Å². The van der Waals surface area contributed by atoms with Crippen LogP contribution in [0.25, 0.3) is 28.2 Å². The molecule has 0 saturated heterocycles. The van der Waals surface area contributed by atoms with Gasteiger partial charge in [0.2, 0.25) is 0 Å². The third-order valence-corrected chi connectivity index (χ3v) is 10.5. The third-order valence-electron chi connectivity index (χ3n) is 7.94. The average molecular weight is 592 g/mol. The van der Waals surface area contributed by atoms with E-state index in [2.05, 4.69) is 165 Å². The fourth-order valence-corrected chi connectivity index (χ4v) is 8.26. The summed E-state index contributed by atoms with van der Waals surface area (Å²) in [4.78, 5) is 0. The second-order valence-electron chi connectivity index (χ2n) is 10.9. The standard InChI is InChI=1S/C40H36NP.C2H6/c1-5-35-37-22-14-15-23-38(37)41(40(35)39(29(2)3)36-21-13-12-16-30(36)4)32-26-24-31(25-27-32)28-42(33-17-8-6-9-18-33)34-19-10-7-11-20-34;1-2/h5-27H,1,28H2,2-4H3;1-2H3. The summed E-state index contributed by atoms with van der Waals surface area (Å²) in [6.07, 6.45) is 3.03. The van der Waals surface area contributed by atoms with Gasteiger partial charge in [-0.3, -0.25) is 0 Å². The molecule has 0 aliphatic carbocycles. The molecule has 5 aromatic carbocycles. The normalized spacial score (nSPS) is 10.8. The van der Waals surface area contributed by atoms with E-state index in [1.165, 1.54) is 60.6 Å². The monoisotopic (exact) mass is 591 g/mol. The van der Waals surface area contributed by atoms with E-state index >= 15 is 0 Å². The van der Waals surface area contributed by atoms with Gasteiger partial charge in [-0.25, -0.2) is 0 Å². The van der Waals surface area contributed by atoms with Crippen molar-refractivity contribution in [3.63, 3.8) is 0 Å². The van der Waals surface area contributed by atoms with Crippen LogP contribution >= 0.6 is 7.92 Å². The van der Waals surface area contributed by atoms with Crippen LogP contribution in [-0.4, -0.2) is 4.57 Å². The Labute approximate surface area is 265 Å². The minimum atomic E-state index is -0.505. The molecule has 220 valence electrons. The summed E-state index contributed by atoms with van der Waals surface area (Å²) in [5.41, 5.74) is 11.1. The summed E-state index contributed by atoms with van der Waals surface area (Å²) in [6.45, 7) is 14.9. The molecule has 0 N–H and O–H groups in total. The minimum absolute atomic E-state index is 0.505. The Bertz CT molecular complexity index is 1830. The highest BCUT2D eigenvalue weighted by molar-refractivity contribution is 7.72. The topological polar surface area (TPSA) is 4.93 Å². The lowest BCUT2D eigenvalue weighted by atomic mass is 9.92. The molecule has 0 amide bonds. The number of allylic oxidation sites excluding steroid dienone is 1. The first-order valence-electron chi connectivity index (χ1n) is 15.5. The zero-order chi connectivity index (χ0) is 31.1. The van der Waals surface area contributed by atoms with Gasteiger partial charge in [0.1, 0.15) is 0 Å². The van der Waals surface area contributed by atoms with Gasteiger partial charge in [-0.05, 0) is 74.2 Å². The number of rotatable bonds is 8. The van der Waals surface area contributed by atoms with Crippen LogP contribution in [0, 0.1) is 6.92 Å². The van der Waals surface area contributed by atoms with E-state index in [0.717, 1.165) is 11.8 Å². The van der Waals surface area contributed by atoms with Crippen molar-refractivity contribution < 1.29 is 0 Å². The van der Waals surface area contributed by atoms with Crippen molar-refractivity contribution >= 4 is 41.1 Å². The molecule has 1 nitrogen and oxygen atoms in total. The molecule has 0 aliphatic rings. The first-order valence-corrected chi connectivity index (χ1v) is 17.1. The van der Waals surface area contributed by atoms with Crippen LogP contribution in [-0.2, 0) is 6.16 Å². The second kappa shape index (κ2) is 14.3. The Hall–Kier alpha value is -4.45. The van der Waals surface area contributed by atoms with Crippen molar-refractivity contribution in [2.45, 2.75) is 40.8 Å². The fourth-order valence-electron chi connectivity index (χ4n) is 5.95. The van der Waals surface area contributed by atoms with Gasteiger partial charge < -0.3 is 4.57 Å². The van der Waals surface area contributed by atoms with Gasteiger partial charge in [0.05, 0.1) is 11.2 Å². The number of hydrogen-bond donors (Lipinski definition) is 0. The third kappa shape index (κ3) is 6.26. The fraction of sp³-hybridized carbons (Fsp3) is 0.143. The molecule has 0 saturated carbocycles. The summed E-state index contributed by atoms with van der Waals surface area (Å²) in [6, 6.07) is 48.5. The molecule has 0 aliphatic heterocycles. The number of hydrogen-bond acceptors (Lipinski definition) is 0. The first-order chi connectivity index (χ1) is 21.6. The van der Waals surface area contributed by atoms with E-state index < -0.39 is 7.92 Å². The molecule has 6 rings (SSSR count). The van der Waals surface area contributed by atoms with Gasteiger partial charge in [0.25, 0.3) is 0 Å². The molecule has 1 aromatic heterocycles. The van der Waals surface area contributed by atoms with Crippen molar-refractivity contribution in [3.05, 3.63) is 174 Å². The number of aromatic nitrogens is 1. The lowest BCUT2D eigenvalue weighted by molar-refractivity contribution is 1.08. The highest BCUT2D eigenvalue weighted by Gasteiger charge is 2.23. The van der Waals surface area contributed by atoms with Gasteiger partial charge >= 0.3 is 0 Å². The number of nitrogens with zero attached hydrogens (tertiary/aromatic N) is 1. The second-order valence-corrected chi connectivity index (χ2v) is 13.1. The van der Waals surface area contributed by atoms with Crippen LogP contribution in [0.15, 0.2) is 146 Å². The summed E-state index contributed by atoms with van der Waals surface area (Å²) in [7, 11) is -0.505. The molecular weight excluding hydrogens is 549 g/mol. The lowest BCUT2D eigenvalue weighted by Gasteiger charge is -2.20. The zero-order valence-corrected chi connectivity index (χ0v) is 27.5. The molecule has 0 radical (unpaired) electrons. The highest BCUT2D eigenvalue weighted by atomic mass is 31.1. The van der Waals surface area contributed by atoms with Crippen molar-refractivity contribution in [1.29, 1.82) is 0 Å². The molecule has 0 atom stereocenters. The molecule has 6 aromatic rings. The Morgan fingerprint density at radius 1 is 0.682 bits per heavy atom. The van der Waals surface area contributed by atoms with E-state index in [9.17, 15) is 0 Å². The molecule has 0 unspecified atom stereocenters. The molecule has 2 heteroatoms. The zero-order valence-electron chi connectivity index (χ0n) is 26.6. The Morgan fingerprint density at radius 2 is 1.23 bits per heavy atom. The Morgan fingerprint density at radius 3 is 1.80 bits per heavy atom. The average Bonchev–Trinajstić information content (AvgIpc) is 3.40. The molecule has 0 bridgehead atoms. The predicted molar refractivity (Wildman–Crippen MR) is 196 cm³/mol. The molecule has 1 heterocycles. The van der Waals surface area contributed by atoms with Gasteiger partial charge in [-0.1, -0.05) is 147 Å². The Kier molecular flexibility index (Phi) is 10.1. The first kappa shape index (κ1) is 31.0. The summed E-state index contributed by atoms with van der Waals surface area (Å²) < 4.78 is 2.43. The number of para-hydroxylation sites is 1. The van der Waals surface area contributed by atoms with Gasteiger partial charge in [0.15, 0.2) is 0 Å². The van der Waals surface area contributed by atoms with E-state index in [4.69, 9.17) is 0 Å². The summed E-state index contributed by atoms with van der Waals surface area (Å²) in [5, 5.41) is 4.03. The van der Waals surface area contributed by atoms with Gasteiger partial charge in [-0.15, -0.1) is 0 Å². The van der Waals surface area contributed by atoms with Crippen molar-refractivity contribution in [1.82, 2.24) is 4.57 Å². The largest absolute Gasteiger partial charge is 0.309 e. The van der Waals surface area contributed by atoms with Gasteiger partial charge in [-0.2, -0.15) is 0 Å². The van der Waals surface area contributed by atoms with Gasteiger partial charge in [0, 0.05) is 28.4 Å². The van der Waals surface area contributed by atoms with E-state index in [1.54, 1.807) is 0 Å². The van der Waals surface area contributed by atoms with E-state index in [0.29, 0.717) is 0 Å². The molecule has 44 heavy (non-hydrogen) atoms. The van der Waals surface area contributed by atoms with Crippen LogP contribution in [0.5, 0.6) is 0 Å². The lowest BCUT2D eigenvalue weighted by Crippen LogP contribution is -2.13. The van der Waals surface area contributed by atoms with Crippen LogP contribution in [0.4, 0.5) is 0 Å². The quantitative estimate of drug-likeness (QED) is 0.155. The summed E-state index contributed by atoms with van der Waals surface area (Å²) >= 11 is 0. The number of aryl methyl sites for hydroxylation is 1. The maximum absolute atomic E-state index is 4.28. The van der Waals surface area contributed by atoms with E-state index in [-0.39, 0.29) is 0 Å². The van der Waals surface area contributed by atoms with E-state index in [1.807, 2.05) is 19.9 Å². The van der Waals surface area contributed by atoms with Crippen LogP contribution in [0.1, 0.15) is 55.6 Å². The predicted octanol–water partition coefficient (Wildman–Crippen LogP) is 11.1. The smallest absolute Gasteiger partial charge is 0.0618 e. The maximum Gasteiger partial charge on any atom is 0.0618 e. The van der Waals surface area contributed by atoms with Crippen molar-refractivity contribution in [3.8, 4) is 5.69 Å². The molecule has 0 spiro atoms. The number of fused-ring (bicyclic) bond motifs is 1.